The topological polar surface area (TPSA) is 45.2 Å². The molecule has 0 spiro atoms. The van der Waals surface area contributed by atoms with Crippen molar-refractivity contribution in [3.8, 4) is 0 Å². The maximum absolute atomic E-state index is 12.1. The standard InChI is InChI=1S/C16H25N3O/c1-13(2)6-8-18-16(20)15-12-14(7-9-17-15)19-10-4-3-5-11-19/h7,9,12-13H,3-6,8,10-11H2,1-2H3,(H,18,20). The maximum atomic E-state index is 12.1. The van der Waals surface area contributed by atoms with Gasteiger partial charge in [0.25, 0.3) is 5.91 Å². The van der Waals surface area contributed by atoms with Gasteiger partial charge in [0.05, 0.1) is 0 Å². The van der Waals surface area contributed by atoms with E-state index in [9.17, 15) is 4.79 Å². The van der Waals surface area contributed by atoms with Gasteiger partial charge in [-0.2, -0.15) is 0 Å². The van der Waals surface area contributed by atoms with Crippen molar-refractivity contribution in [2.45, 2.75) is 39.5 Å². The highest BCUT2D eigenvalue weighted by molar-refractivity contribution is 5.93. The Morgan fingerprint density at radius 1 is 1.35 bits per heavy atom. The molecule has 0 aliphatic carbocycles. The predicted octanol–water partition coefficient (Wildman–Crippen LogP) is 2.85. The molecule has 2 heterocycles. The molecule has 1 amide bonds. The summed E-state index contributed by atoms with van der Waals surface area (Å²) >= 11 is 0. The van der Waals surface area contributed by atoms with Crippen LogP contribution in [0.2, 0.25) is 0 Å². The Bertz CT molecular complexity index is 439. The lowest BCUT2D eigenvalue weighted by Gasteiger charge is -2.28. The average Bonchev–Trinajstić information content (AvgIpc) is 2.48. The average molecular weight is 275 g/mol. The highest BCUT2D eigenvalue weighted by Gasteiger charge is 2.13. The SMILES string of the molecule is CC(C)CCNC(=O)c1cc(N2CCCCC2)ccn1. The molecule has 0 atom stereocenters. The molecule has 4 heteroatoms. The van der Waals surface area contributed by atoms with Crippen molar-refractivity contribution in [3.05, 3.63) is 24.0 Å². The van der Waals surface area contributed by atoms with Crippen LogP contribution in [-0.2, 0) is 0 Å². The first-order chi connectivity index (χ1) is 9.66. The molecular formula is C16H25N3O. The van der Waals surface area contributed by atoms with E-state index in [-0.39, 0.29) is 5.91 Å². The zero-order valence-electron chi connectivity index (χ0n) is 12.6. The largest absolute Gasteiger partial charge is 0.371 e. The number of hydrogen-bond donors (Lipinski definition) is 1. The lowest BCUT2D eigenvalue weighted by Crippen LogP contribution is -2.30. The number of nitrogens with one attached hydrogen (secondary N) is 1. The van der Waals surface area contributed by atoms with Crippen molar-refractivity contribution in [2.75, 3.05) is 24.5 Å². The van der Waals surface area contributed by atoms with Gasteiger partial charge in [-0.1, -0.05) is 13.8 Å². The zero-order valence-corrected chi connectivity index (χ0v) is 12.6. The van der Waals surface area contributed by atoms with E-state index in [0.29, 0.717) is 18.2 Å². The fourth-order valence-electron chi connectivity index (χ4n) is 2.46. The summed E-state index contributed by atoms with van der Waals surface area (Å²) in [6, 6.07) is 3.91. The maximum Gasteiger partial charge on any atom is 0.269 e. The van der Waals surface area contributed by atoms with Gasteiger partial charge in [-0.25, -0.2) is 0 Å². The minimum atomic E-state index is -0.0653. The fourth-order valence-corrected chi connectivity index (χ4v) is 2.46. The van der Waals surface area contributed by atoms with E-state index in [1.807, 2.05) is 12.1 Å². The summed E-state index contributed by atoms with van der Waals surface area (Å²) in [4.78, 5) is 18.6. The summed E-state index contributed by atoms with van der Waals surface area (Å²) in [6.07, 6.45) is 6.51. The van der Waals surface area contributed by atoms with Crippen molar-refractivity contribution < 1.29 is 4.79 Å². The van der Waals surface area contributed by atoms with Gasteiger partial charge in [0.1, 0.15) is 5.69 Å². The Hall–Kier alpha value is -1.58. The van der Waals surface area contributed by atoms with E-state index in [2.05, 4.69) is 29.0 Å². The second-order valence-electron chi connectivity index (χ2n) is 5.89. The first-order valence-electron chi connectivity index (χ1n) is 7.66. The van der Waals surface area contributed by atoms with Crippen molar-refractivity contribution in [2.24, 2.45) is 5.92 Å². The number of carbonyl (C=O) groups is 1. The minimum Gasteiger partial charge on any atom is -0.371 e. The lowest BCUT2D eigenvalue weighted by molar-refractivity contribution is 0.0947. The molecule has 0 unspecified atom stereocenters. The molecule has 1 N–H and O–H groups in total. The molecule has 1 saturated heterocycles. The fraction of sp³-hybridized carbons (Fsp3) is 0.625. The summed E-state index contributed by atoms with van der Waals surface area (Å²) in [6.45, 7) is 7.19. The number of carbonyl (C=O) groups excluding carboxylic acids is 1. The van der Waals surface area contributed by atoms with Crippen LogP contribution in [0.4, 0.5) is 5.69 Å². The number of nitrogens with zero attached hydrogens (tertiary/aromatic N) is 2. The van der Waals surface area contributed by atoms with E-state index in [1.54, 1.807) is 6.20 Å². The first-order valence-corrected chi connectivity index (χ1v) is 7.66. The molecule has 2 rings (SSSR count). The third-order valence-electron chi connectivity index (χ3n) is 3.70. The van der Waals surface area contributed by atoms with Gasteiger partial charge >= 0.3 is 0 Å². The molecule has 0 bridgehead atoms. The van der Waals surface area contributed by atoms with Gasteiger partial charge in [0, 0.05) is 31.5 Å². The number of amides is 1. The summed E-state index contributed by atoms with van der Waals surface area (Å²) in [7, 11) is 0. The van der Waals surface area contributed by atoms with Crippen LogP contribution in [0.25, 0.3) is 0 Å². The number of aromatic nitrogens is 1. The summed E-state index contributed by atoms with van der Waals surface area (Å²) < 4.78 is 0. The number of piperidine rings is 1. The molecule has 0 aromatic carbocycles. The Balaban J connectivity index is 1.96. The molecule has 1 aromatic rings. The molecule has 1 aliphatic rings. The summed E-state index contributed by atoms with van der Waals surface area (Å²) in [5.41, 5.74) is 1.64. The van der Waals surface area contributed by atoms with Gasteiger partial charge in [-0.05, 0) is 43.7 Å². The third kappa shape index (κ3) is 4.22. The molecule has 0 saturated carbocycles. The Labute approximate surface area is 121 Å². The predicted molar refractivity (Wildman–Crippen MR) is 82.1 cm³/mol. The summed E-state index contributed by atoms with van der Waals surface area (Å²) in [5, 5.41) is 2.94. The monoisotopic (exact) mass is 275 g/mol. The van der Waals surface area contributed by atoms with Gasteiger partial charge in [0.15, 0.2) is 0 Å². The Kier molecular flexibility index (Phi) is 5.39. The normalized spacial score (nSPS) is 15.4. The highest BCUT2D eigenvalue weighted by Crippen LogP contribution is 2.19. The summed E-state index contributed by atoms with van der Waals surface area (Å²) in [5.74, 6) is 0.535. The van der Waals surface area contributed by atoms with Crippen LogP contribution in [0.3, 0.4) is 0 Å². The van der Waals surface area contributed by atoms with Crippen LogP contribution in [0, 0.1) is 5.92 Å². The van der Waals surface area contributed by atoms with Crippen molar-refractivity contribution >= 4 is 11.6 Å². The van der Waals surface area contributed by atoms with Crippen LogP contribution in [0.5, 0.6) is 0 Å². The van der Waals surface area contributed by atoms with Crippen LogP contribution >= 0.6 is 0 Å². The van der Waals surface area contributed by atoms with Crippen molar-refractivity contribution in [1.29, 1.82) is 0 Å². The van der Waals surface area contributed by atoms with E-state index >= 15 is 0 Å². The molecular weight excluding hydrogens is 250 g/mol. The van der Waals surface area contributed by atoms with E-state index in [4.69, 9.17) is 0 Å². The second kappa shape index (κ2) is 7.27. The molecule has 0 radical (unpaired) electrons. The molecule has 1 aliphatic heterocycles. The van der Waals surface area contributed by atoms with E-state index < -0.39 is 0 Å². The van der Waals surface area contributed by atoms with E-state index in [1.165, 1.54) is 19.3 Å². The molecule has 4 nitrogen and oxygen atoms in total. The Morgan fingerprint density at radius 3 is 2.80 bits per heavy atom. The molecule has 20 heavy (non-hydrogen) atoms. The van der Waals surface area contributed by atoms with Gasteiger partial charge in [-0.15, -0.1) is 0 Å². The van der Waals surface area contributed by atoms with E-state index in [0.717, 1.165) is 25.2 Å². The second-order valence-corrected chi connectivity index (χ2v) is 5.89. The zero-order chi connectivity index (χ0) is 14.4. The highest BCUT2D eigenvalue weighted by atomic mass is 16.1. The Morgan fingerprint density at radius 2 is 2.10 bits per heavy atom. The number of anilines is 1. The first kappa shape index (κ1) is 14.8. The minimum absolute atomic E-state index is 0.0653. The van der Waals surface area contributed by atoms with Gasteiger partial charge < -0.3 is 10.2 Å². The van der Waals surface area contributed by atoms with Crippen LogP contribution in [0.1, 0.15) is 50.0 Å². The van der Waals surface area contributed by atoms with Crippen LogP contribution in [-0.4, -0.2) is 30.5 Å². The molecule has 1 aromatic heterocycles. The van der Waals surface area contributed by atoms with Gasteiger partial charge in [-0.3, -0.25) is 9.78 Å². The van der Waals surface area contributed by atoms with Gasteiger partial charge in [0.2, 0.25) is 0 Å². The van der Waals surface area contributed by atoms with Crippen LogP contribution < -0.4 is 10.2 Å². The lowest BCUT2D eigenvalue weighted by atomic mass is 10.1. The van der Waals surface area contributed by atoms with Crippen LogP contribution in [0.15, 0.2) is 18.3 Å². The number of rotatable bonds is 5. The van der Waals surface area contributed by atoms with Crippen molar-refractivity contribution in [1.82, 2.24) is 10.3 Å². The third-order valence-corrected chi connectivity index (χ3v) is 3.70. The quantitative estimate of drug-likeness (QED) is 0.898. The number of pyridine rings is 1. The van der Waals surface area contributed by atoms with Crippen molar-refractivity contribution in [3.63, 3.8) is 0 Å². The molecule has 1 fully saturated rings. The smallest absolute Gasteiger partial charge is 0.269 e. The number of hydrogen-bond acceptors (Lipinski definition) is 3. The molecule has 110 valence electrons.